The summed E-state index contributed by atoms with van der Waals surface area (Å²) in [7, 11) is 0. The van der Waals surface area contributed by atoms with Gasteiger partial charge in [-0.3, -0.25) is 4.48 Å². The molecule has 4 bridgehead atoms. The van der Waals surface area contributed by atoms with Crippen molar-refractivity contribution in [3.8, 4) is 0 Å². The lowest BCUT2D eigenvalue weighted by atomic mass is 10.3. The van der Waals surface area contributed by atoms with Crippen molar-refractivity contribution in [2.45, 2.75) is 0 Å². The maximum absolute atomic E-state index is 3.98. The van der Waals surface area contributed by atoms with E-state index in [1.54, 1.807) is 0 Å². The van der Waals surface area contributed by atoms with Crippen LogP contribution in [0, 0.1) is 0 Å². The molecule has 0 unspecified atom stereocenters. The molecule has 0 aromatic carbocycles. The van der Waals surface area contributed by atoms with Gasteiger partial charge >= 0.3 is 0 Å². The van der Waals surface area contributed by atoms with Crippen molar-refractivity contribution in [2.75, 3.05) is 46.6 Å². The van der Waals surface area contributed by atoms with Crippen LogP contribution >= 0.6 is 15.9 Å². The lowest BCUT2D eigenvalue weighted by molar-refractivity contribution is -0.975. The zero-order valence-corrected chi connectivity index (χ0v) is 11.9. The second-order valence-corrected chi connectivity index (χ2v) is 6.00. The molecule has 86 valence electrons. The average Bonchev–Trinajstić information content (AvgIpc) is 1.96. The van der Waals surface area contributed by atoms with E-state index in [2.05, 4.69) is 37.2 Å². The molecule has 0 aliphatic carbocycles. The molecule has 4 aliphatic heterocycles. The van der Waals surface area contributed by atoms with Gasteiger partial charge in [-0.15, -0.1) is 0 Å². The third-order valence-corrected chi connectivity index (χ3v) is 3.46. The molecule has 6 heteroatoms. The Hall–Kier alpha value is 0.540. The summed E-state index contributed by atoms with van der Waals surface area (Å²) in [6.45, 7) is 12.1. The molecule has 0 atom stereocenters. The van der Waals surface area contributed by atoms with Crippen molar-refractivity contribution in [3.05, 3.63) is 11.1 Å². The Morgan fingerprint density at radius 2 is 1.47 bits per heavy atom. The van der Waals surface area contributed by atoms with Gasteiger partial charge in [-0.25, -0.2) is 14.7 Å². The van der Waals surface area contributed by atoms with Gasteiger partial charge in [-0.2, -0.15) is 0 Å². The van der Waals surface area contributed by atoms with Crippen LogP contribution in [-0.2, 0) is 0 Å². The van der Waals surface area contributed by atoms with Crippen molar-refractivity contribution in [1.82, 2.24) is 14.7 Å². The highest BCUT2D eigenvalue weighted by Crippen LogP contribution is 2.29. The lowest BCUT2D eigenvalue weighted by Gasteiger charge is -2.60. The fourth-order valence-electron chi connectivity index (χ4n) is 3.17. The van der Waals surface area contributed by atoms with E-state index in [-0.39, 0.29) is 17.0 Å². The van der Waals surface area contributed by atoms with Crippen molar-refractivity contribution in [2.24, 2.45) is 0 Å². The summed E-state index contributed by atoms with van der Waals surface area (Å²) < 4.78 is 2.27. The number of hydrogen-bond acceptors (Lipinski definition) is 3. The Morgan fingerprint density at radius 1 is 1.07 bits per heavy atom. The van der Waals surface area contributed by atoms with Crippen LogP contribution in [0.4, 0.5) is 0 Å². The number of quaternary nitrogens is 1. The molecule has 0 saturated carbocycles. The number of hydrogen-bond donors (Lipinski definition) is 0. The second kappa shape index (κ2) is 4.09. The van der Waals surface area contributed by atoms with E-state index in [1.165, 1.54) is 20.0 Å². The minimum atomic E-state index is 0. The quantitative estimate of drug-likeness (QED) is 0.511. The van der Waals surface area contributed by atoms with Crippen molar-refractivity contribution in [3.63, 3.8) is 0 Å². The van der Waals surface area contributed by atoms with E-state index < -0.39 is 0 Å². The van der Waals surface area contributed by atoms with E-state index in [1.807, 2.05) is 0 Å². The number of halogens is 2. The highest BCUT2D eigenvalue weighted by molar-refractivity contribution is 9.11. The third-order valence-electron chi connectivity index (χ3n) is 3.21. The molecule has 0 N–H and O–H groups in total. The molecule has 0 spiro atoms. The molecule has 4 nitrogen and oxygen atoms in total. The molecule has 0 radical (unpaired) electrons. The summed E-state index contributed by atoms with van der Waals surface area (Å²) in [5, 5.41) is 0. The Bertz CT molecular complexity index is 246. The van der Waals surface area contributed by atoms with Gasteiger partial charge in [0.1, 0.15) is 26.6 Å². The van der Waals surface area contributed by atoms with Crippen LogP contribution in [0.25, 0.3) is 0 Å². The predicted octanol–water partition coefficient (Wildman–Crippen LogP) is -2.59. The maximum atomic E-state index is 3.98. The normalized spacial score (nSPS) is 46.3. The summed E-state index contributed by atoms with van der Waals surface area (Å²) in [4.78, 5) is 7.56. The summed E-state index contributed by atoms with van der Waals surface area (Å²) in [6.07, 6.45) is 0. The Kier molecular flexibility index (Phi) is 3.27. The summed E-state index contributed by atoms with van der Waals surface area (Å²) in [5.41, 5.74) is 0. The molecule has 4 rings (SSSR count). The Labute approximate surface area is 110 Å². The monoisotopic (exact) mass is 338 g/mol. The van der Waals surface area contributed by atoms with Crippen molar-refractivity contribution in [1.29, 1.82) is 0 Å². The predicted molar refractivity (Wildman–Crippen MR) is 57.9 cm³/mol. The average molecular weight is 340 g/mol. The summed E-state index contributed by atoms with van der Waals surface area (Å²) >= 11 is 3.50. The lowest BCUT2D eigenvalue weighted by Crippen LogP contribution is -3.00. The fraction of sp³-hybridized carbons (Fsp3) is 0.778. The molecule has 4 heterocycles. The first-order valence-electron chi connectivity index (χ1n) is 5.01. The van der Waals surface area contributed by atoms with E-state index in [4.69, 9.17) is 0 Å². The van der Waals surface area contributed by atoms with Gasteiger partial charge in [0.2, 0.25) is 0 Å². The molecule has 4 saturated heterocycles. The molecular formula is C9H16Br2N4. The zero-order chi connectivity index (χ0) is 9.76. The van der Waals surface area contributed by atoms with Gasteiger partial charge in [0.25, 0.3) is 0 Å². The summed E-state index contributed by atoms with van der Waals surface area (Å²) in [5.74, 6) is 0. The minimum Gasteiger partial charge on any atom is -1.00 e. The van der Waals surface area contributed by atoms with Crippen LogP contribution in [0.5, 0.6) is 0 Å². The zero-order valence-electron chi connectivity index (χ0n) is 8.70. The van der Waals surface area contributed by atoms with E-state index in [9.17, 15) is 0 Å². The van der Waals surface area contributed by atoms with Gasteiger partial charge in [0.05, 0.1) is 20.0 Å². The standard InChI is InChI=1S/C9H16BrN4.BrH/c1-9(10)2-14-6-11-3-12(7-14)5-13(4-11)8-14;/h1-8H2;1H/q+1;/p-1. The van der Waals surface area contributed by atoms with Gasteiger partial charge in [-0.1, -0.05) is 22.5 Å². The van der Waals surface area contributed by atoms with Crippen LogP contribution in [0.3, 0.4) is 0 Å². The molecule has 0 amide bonds. The number of rotatable bonds is 2. The van der Waals surface area contributed by atoms with Gasteiger partial charge in [-0.05, 0) is 0 Å². The van der Waals surface area contributed by atoms with Gasteiger partial charge < -0.3 is 17.0 Å². The number of nitrogens with zero attached hydrogens (tertiary/aromatic N) is 4. The molecule has 4 fully saturated rings. The SMILES string of the molecule is C=C(Br)C[N+]12CN3CN(CN(C3)C1)C2.[Br-]. The minimum absolute atomic E-state index is 0. The third kappa shape index (κ3) is 2.16. The summed E-state index contributed by atoms with van der Waals surface area (Å²) in [6, 6.07) is 0. The second-order valence-electron chi connectivity index (χ2n) is 4.88. The first-order chi connectivity index (χ1) is 6.65. The van der Waals surface area contributed by atoms with Gasteiger partial charge in [0.15, 0.2) is 0 Å². The first-order valence-corrected chi connectivity index (χ1v) is 5.80. The molecule has 0 aromatic heterocycles. The Morgan fingerprint density at radius 3 is 1.80 bits per heavy atom. The molecular weight excluding hydrogens is 324 g/mol. The topological polar surface area (TPSA) is 9.72 Å². The maximum Gasteiger partial charge on any atom is 0.139 e. The van der Waals surface area contributed by atoms with Crippen LogP contribution in [0.2, 0.25) is 0 Å². The highest BCUT2D eigenvalue weighted by atomic mass is 79.9. The van der Waals surface area contributed by atoms with E-state index >= 15 is 0 Å². The van der Waals surface area contributed by atoms with Crippen LogP contribution < -0.4 is 17.0 Å². The van der Waals surface area contributed by atoms with E-state index in [0.29, 0.717) is 0 Å². The van der Waals surface area contributed by atoms with Crippen LogP contribution in [0.15, 0.2) is 11.1 Å². The first kappa shape index (κ1) is 12.0. The Balaban J connectivity index is 0.000000853. The molecule has 15 heavy (non-hydrogen) atoms. The van der Waals surface area contributed by atoms with Crippen molar-refractivity contribution >= 4 is 15.9 Å². The van der Waals surface area contributed by atoms with Crippen molar-refractivity contribution < 1.29 is 21.5 Å². The fourth-order valence-corrected chi connectivity index (χ4v) is 3.70. The largest absolute Gasteiger partial charge is 1.00 e. The molecule has 0 aromatic rings. The highest BCUT2D eigenvalue weighted by Gasteiger charge is 2.48. The molecule has 4 aliphatic rings. The smallest absolute Gasteiger partial charge is 0.139 e. The van der Waals surface area contributed by atoms with Crippen LogP contribution in [0.1, 0.15) is 0 Å². The van der Waals surface area contributed by atoms with Gasteiger partial charge in [0, 0.05) is 4.48 Å². The van der Waals surface area contributed by atoms with E-state index in [0.717, 1.165) is 35.5 Å². The van der Waals surface area contributed by atoms with Crippen LogP contribution in [-0.4, -0.2) is 65.7 Å².